The Morgan fingerprint density at radius 1 is 1.53 bits per heavy atom. The fourth-order valence-electron chi connectivity index (χ4n) is 1.86. The number of hydrogen-bond donors (Lipinski definition) is 3. The Balaban J connectivity index is 2.70. The molecule has 0 aromatic carbocycles. The number of nitrogens with one attached hydrogen (secondary N) is 1. The topological polar surface area (TPSA) is 97.3 Å². The molecule has 0 bridgehead atoms. The van der Waals surface area contributed by atoms with Gasteiger partial charge in [0.25, 0.3) is 0 Å². The lowest BCUT2D eigenvalue weighted by molar-refractivity contribution is -0.322. The maximum absolute atomic E-state index is 11.4. The van der Waals surface area contributed by atoms with Crippen LogP contribution in [-0.4, -0.2) is 67.6 Å². The molecular formula is C12H21NO6. The quantitative estimate of drug-likeness (QED) is 0.545. The third-order valence-electron chi connectivity index (χ3n) is 3.10. The van der Waals surface area contributed by atoms with Crippen molar-refractivity contribution in [1.29, 1.82) is 0 Å². The Bertz CT molecular complexity index is 347. The molecule has 110 valence electrons. The first-order valence-electron chi connectivity index (χ1n) is 5.89. The summed E-state index contributed by atoms with van der Waals surface area (Å²) >= 11 is 0. The van der Waals surface area contributed by atoms with E-state index >= 15 is 0 Å². The van der Waals surface area contributed by atoms with Crippen LogP contribution in [0.15, 0.2) is 12.2 Å². The van der Waals surface area contributed by atoms with Gasteiger partial charge in [0, 0.05) is 19.8 Å². The highest BCUT2D eigenvalue weighted by molar-refractivity contribution is 5.92. The largest absolute Gasteiger partial charge is 0.385 e. The van der Waals surface area contributed by atoms with Crippen LogP contribution >= 0.6 is 0 Å². The Hall–Kier alpha value is -0.990. The standard InChI is InChI=1S/C12H21NO6/c1-7(2)11(15)13-6-12(16)10(14)9(18-4)8(17-3)5-19-12/h8-10,14,16H,1,5-6H2,2-4H3,(H,13,15). The molecule has 1 saturated heterocycles. The molecule has 7 nitrogen and oxygen atoms in total. The Kier molecular flexibility index (Phi) is 5.45. The predicted octanol–water partition coefficient (Wildman–Crippen LogP) is -1.21. The molecule has 4 unspecified atom stereocenters. The molecule has 0 saturated carbocycles. The van der Waals surface area contributed by atoms with Gasteiger partial charge >= 0.3 is 0 Å². The number of carbonyl (C=O) groups is 1. The molecule has 0 radical (unpaired) electrons. The van der Waals surface area contributed by atoms with Crippen LogP contribution in [0.5, 0.6) is 0 Å². The number of ether oxygens (including phenoxy) is 3. The normalized spacial score (nSPS) is 34.9. The van der Waals surface area contributed by atoms with Crippen LogP contribution in [0.2, 0.25) is 0 Å². The minimum atomic E-state index is -1.92. The maximum Gasteiger partial charge on any atom is 0.246 e. The van der Waals surface area contributed by atoms with Crippen LogP contribution in [-0.2, 0) is 19.0 Å². The van der Waals surface area contributed by atoms with Crippen LogP contribution in [0.3, 0.4) is 0 Å². The van der Waals surface area contributed by atoms with Crippen molar-refractivity contribution in [2.45, 2.75) is 31.0 Å². The number of methoxy groups -OCH3 is 2. The number of carbonyl (C=O) groups excluding carboxylic acids is 1. The molecule has 0 aromatic heterocycles. The van der Waals surface area contributed by atoms with Crippen molar-refractivity contribution >= 4 is 5.91 Å². The summed E-state index contributed by atoms with van der Waals surface area (Å²) in [6.45, 7) is 4.79. The minimum absolute atomic E-state index is 0.0471. The van der Waals surface area contributed by atoms with E-state index in [1.54, 1.807) is 0 Å². The van der Waals surface area contributed by atoms with Crippen molar-refractivity contribution in [3.63, 3.8) is 0 Å². The fraction of sp³-hybridized carbons (Fsp3) is 0.750. The number of aliphatic hydroxyl groups is 2. The molecule has 0 spiro atoms. The molecule has 7 heteroatoms. The van der Waals surface area contributed by atoms with E-state index in [4.69, 9.17) is 14.2 Å². The van der Waals surface area contributed by atoms with Crippen LogP contribution in [0.1, 0.15) is 6.92 Å². The summed E-state index contributed by atoms with van der Waals surface area (Å²) < 4.78 is 15.4. The lowest BCUT2D eigenvalue weighted by Crippen LogP contribution is -2.65. The van der Waals surface area contributed by atoms with Crippen molar-refractivity contribution in [2.75, 3.05) is 27.4 Å². The summed E-state index contributed by atoms with van der Waals surface area (Å²) in [5, 5.41) is 22.8. The Morgan fingerprint density at radius 3 is 2.63 bits per heavy atom. The number of hydrogen-bond acceptors (Lipinski definition) is 6. The monoisotopic (exact) mass is 275 g/mol. The highest BCUT2D eigenvalue weighted by atomic mass is 16.7. The third-order valence-corrected chi connectivity index (χ3v) is 3.10. The summed E-state index contributed by atoms with van der Waals surface area (Å²) in [6, 6.07) is 0. The minimum Gasteiger partial charge on any atom is -0.385 e. The van der Waals surface area contributed by atoms with Gasteiger partial charge in [-0.25, -0.2) is 0 Å². The fourth-order valence-corrected chi connectivity index (χ4v) is 1.86. The van der Waals surface area contributed by atoms with Crippen molar-refractivity contribution in [3.05, 3.63) is 12.2 Å². The molecule has 1 heterocycles. The highest BCUT2D eigenvalue weighted by Crippen LogP contribution is 2.26. The molecule has 0 aliphatic carbocycles. The molecule has 0 aromatic rings. The molecule has 1 rings (SSSR count). The van der Waals surface area contributed by atoms with Crippen LogP contribution in [0.25, 0.3) is 0 Å². The van der Waals surface area contributed by atoms with Gasteiger partial charge < -0.3 is 29.7 Å². The second kappa shape index (κ2) is 6.44. The Morgan fingerprint density at radius 2 is 2.16 bits per heavy atom. The second-order valence-electron chi connectivity index (χ2n) is 4.54. The maximum atomic E-state index is 11.4. The van der Waals surface area contributed by atoms with Crippen LogP contribution in [0, 0.1) is 0 Å². The number of aliphatic hydroxyl groups excluding tert-OH is 1. The van der Waals surface area contributed by atoms with Crippen molar-refractivity contribution in [1.82, 2.24) is 5.32 Å². The van der Waals surface area contributed by atoms with Gasteiger partial charge in [-0.2, -0.15) is 0 Å². The van der Waals surface area contributed by atoms with E-state index in [2.05, 4.69) is 11.9 Å². The number of amides is 1. The van der Waals surface area contributed by atoms with Crippen molar-refractivity contribution in [3.8, 4) is 0 Å². The first-order chi connectivity index (χ1) is 8.85. The van der Waals surface area contributed by atoms with E-state index in [9.17, 15) is 15.0 Å². The van der Waals surface area contributed by atoms with Crippen LogP contribution < -0.4 is 5.32 Å². The summed E-state index contributed by atoms with van der Waals surface area (Å²) in [6.07, 6.45) is -2.58. The van der Waals surface area contributed by atoms with Gasteiger partial charge in [0.2, 0.25) is 11.7 Å². The zero-order valence-electron chi connectivity index (χ0n) is 11.4. The van der Waals surface area contributed by atoms with Gasteiger partial charge in [0.15, 0.2) is 0 Å². The van der Waals surface area contributed by atoms with Crippen molar-refractivity contribution < 1.29 is 29.2 Å². The third kappa shape index (κ3) is 3.52. The van der Waals surface area contributed by atoms with Crippen molar-refractivity contribution in [2.24, 2.45) is 0 Å². The zero-order valence-corrected chi connectivity index (χ0v) is 11.4. The van der Waals surface area contributed by atoms with Gasteiger partial charge in [0.1, 0.15) is 18.3 Å². The van der Waals surface area contributed by atoms with Gasteiger partial charge in [-0.15, -0.1) is 0 Å². The van der Waals surface area contributed by atoms with Gasteiger partial charge in [-0.1, -0.05) is 6.58 Å². The van der Waals surface area contributed by atoms with Gasteiger partial charge in [-0.3, -0.25) is 4.79 Å². The molecular weight excluding hydrogens is 254 g/mol. The average Bonchev–Trinajstić information content (AvgIpc) is 2.39. The molecule has 1 aliphatic rings. The summed E-state index contributed by atoms with van der Waals surface area (Å²) in [4.78, 5) is 11.4. The van der Waals surface area contributed by atoms with E-state index in [1.165, 1.54) is 21.1 Å². The molecule has 3 N–H and O–H groups in total. The predicted molar refractivity (Wildman–Crippen MR) is 66.3 cm³/mol. The Labute approximate surface area is 112 Å². The highest BCUT2D eigenvalue weighted by Gasteiger charge is 2.50. The molecule has 19 heavy (non-hydrogen) atoms. The summed E-state index contributed by atoms with van der Waals surface area (Å²) in [5.74, 6) is -2.34. The summed E-state index contributed by atoms with van der Waals surface area (Å²) in [5.41, 5.74) is 0.298. The van der Waals surface area contributed by atoms with E-state index in [0.29, 0.717) is 5.57 Å². The molecule has 1 fully saturated rings. The van der Waals surface area contributed by atoms with Gasteiger partial charge in [0.05, 0.1) is 13.2 Å². The zero-order chi connectivity index (χ0) is 14.6. The first kappa shape index (κ1) is 16.1. The van der Waals surface area contributed by atoms with E-state index in [0.717, 1.165) is 0 Å². The van der Waals surface area contributed by atoms with Crippen LogP contribution in [0.4, 0.5) is 0 Å². The molecule has 4 atom stereocenters. The van der Waals surface area contributed by atoms with E-state index < -0.39 is 30.0 Å². The average molecular weight is 275 g/mol. The number of rotatable bonds is 5. The summed E-state index contributed by atoms with van der Waals surface area (Å²) in [7, 11) is 2.86. The molecule has 1 aliphatic heterocycles. The first-order valence-corrected chi connectivity index (χ1v) is 5.89. The lowest BCUT2D eigenvalue weighted by atomic mass is 9.96. The molecule has 1 amide bonds. The lowest BCUT2D eigenvalue weighted by Gasteiger charge is -2.43. The van der Waals surface area contributed by atoms with Gasteiger partial charge in [-0.05, 0) is 6.92 Å². The van der Waals surface area contributed by atoms with E-state index in [1.807, 2.05) is 0 Å². The second-order valence-corrected chi connectivity index (χ2v) is 4.54. The SMILES string of the molecule is C=C(C)C(=O)NCC1(O)OCC(OC)C(OC)C1O. The smallest absolute Gasteiger partial charge is 0.246 e. The van der Waals surface area contributed by atoms with E-state index in [-0.39, 0.29) is 13.2 Å².